The van der Waals surface area contributed by atoms with E-state index in [9.17, 15) is 4.79 Å². The van der Waals surface area contributed by atoms with Gasteiger partial charge in [0.25, 0.3) is 0 Å². The number of H-pyrrole nitrogens is 1. The zero-order valence-electron chi connectivity index (χ0n) is 25.5. The number of benzene rings is 1. The lowest BCUT2D eigenvalue weighted by atomic mass is 10.1. The fourth-order valence-electron chi connectivity index (χ4n) is 5.34. The number of anilines is 4. The van der Waals surface area contributed by atoms with Gasteiger partial charge >= 0.3 is 0 Å². The molecule has 1 atom stereocenters. The lowest BCUT2D eigenvalue weighted by Crippen LogP contribution is -2.33. The van der Waals surface area contributed by atoms with Crippen molar-refractivity contribution in [1.82, 2.24) is 39.6 Å². The molecule has 4 aromatic heterocycles. The van der Waals surface area contributed by atoms with Gasteiger partial charge in [0.2, 0.25) is 23.7 Å². The summed E-state index contributed by atoms with van der Waals surface area (Å²) in [6.07, 6.45) is 6.66. The maximum Gasteiger partial charge on any atom is 0.238 e. The van der Waals surface area contributed by atoms with Crippen molar-refractivity contribution in [3.8, 4) is 17.1 Å². The molecule has 14 heteroatoms. The standard InChI is InChI=1S/C31H37N11O3/c1-19-15-35-31(37-25-14-20(2)41(3)40-25)39-28(19)23-16-34-29-22(23)6-4-7-24(29)36-26(44)18-42-12-9-21(17-42)45-27-8-11-33-30(38-27)32-10-5-13-43/h4,6-8,11,14-16,21,34,43H,5,9-10,12-13,17-18H2,1-3H3,(H,36,44)(H,32,33,38)(H,35,37,39,40)/t21-/m0/s1. The van der Waals surface area contributed by atoms with Crippen LogP contribution in [0.25, 0.3) is 22.2 Å². The number of likely N-dealkylation sites (tertiary alicyclic amines) is 1. The van der Waals surface area contributed by atoms with Crippen LogP contribution >= 0.6 is 0 Å². The molecule has 0 spiro atoms. The smallest absolute Gasteiger partial charge is 0.238 e. The summed E-state index contributed by atoms with van der Waals surface area (Å²) in [6.45, 7) is 6.23. The Hall–Kier alpha value is -5.08. The number of aryl methyl sites for hydroxylation is 3. The van der Waals surface area contributed by atoms with Crippen molar-refractivity contribution >= 4 is 40.2 Å². The summed E-state index contributed by atoms with van der Waals surface area (Å²) in [6, 6.07) is 9.49. The van der Waals surface area contributed by atoms with Crippen molar-refractivity contribution in [2.24, 2.45) is 7.05 Å². The van der Waals surface area contributed by atoms with Gasteiger partial charge in [-0.15, -0.1) is 0 Å². The molecular formula is C31H37N11O3. The third-order valence-electron chi connectivity index (χ3n) is 7.70. The van der Waals surface area contributed by atoms with E-state index in [4.69, 9.17) is 14.8 Å². The van der Waals surface area contributed by atoms with Gasteiger partial charge in [0.1, 0.15) is 6.10 Å². The van der Waals surface area contributed by atoms with Crippen LogP contribution in [0.3, 0.4) is 0 Å². The number of aromatic nitrogens is 7. The molecule has 1 aliphatic rings. The lowest BCUT2D eigenvalue weighted by molar-refractivity contribution is -0.117. The van der Waals surface area contributed by atoms with Gasteiger partial charge in [0.15, 0.2) is 5.82 Å². The highest BCUT2D eigenvalue weighted by Crippen LogP contribution is 2.33. The molecule has 5 heterocycles. The molecule has 0 bridgehead atoms. The summed E-state index contributed by atoms with van der Waals surface area (Å²) in [4.78, 5) is 36.4. The molecular weight excluding hydrogens is 574 g/mol. The quantitative estimate of drug-likeness (QED) is 0.131. The van der Waals surface area contributed by atoms with E-state index >= 15 is 0 Å². The Balaban J connectivity index is 1.09. The maximum atomic E-state index is 13.1. The topological polar surface area (TPSA) is 171 Å². The van der Waals surface area contributed by atoms with Crippen LogP contribution in [0.5, 0.6) is 5.88 Å². The fourth-order valence-corrected chi connectivity index (χ4v) is 5.34. The Labute approximate surface area is 260 Å². The van der Waals surface area contributed by atoms with Crippen LogP contribution < -0.4 is 20.7 Å². The molecule has 0 unspecified atom stereocenters. The number of hydrogen-bond donors (Lipinski definition) is 5. The Morgan fingerprint density at radius 3 is 2.89 bits per heavy atom. The largest absolute Gasteiger partial charge is 0.473 e. The number of fused-ring (bicyclic) bond motifs is 1. The van der Waals surface area contributed by atoms with Crippen molar-refractivity contribution in [3.05, 3.63) is 60.2 Å². The van der Waals surface area contributed by atoms with Gasteiger partial charge in [-0.25, -0.2) is 15.0 Å². The molecule has 1 saturated heterocycles. The molecule has 0 radical (unpaired) electrons. The first-order valence-electron chi connectivity index (χ1n) is 14.9. The molecule has 1 aromatic carbocycles. The normalized spacial score (nSPS) is 15.0. The van der Waals surface area contributed by atoms with E-state index in [1.165, 1.54) is 0 Å². The SMILES string of the molecule is Cc1cnc(Nc2cc(C)n(C)n2)nc1-c1c[nH]c2c(NC(=O)CN3CC[C@H](Oc4ccnc(NCCCO)n4)C3)cccc12. The van der Waals surface area contributed by atoms with Crippen LogP contribution in [0, 0.1) is 13.8 Å². The summed E-state index contributed by atoms with van der Waals surface area (Å²) >= 11 is 0. The van der Waals surface area contributed by atoms with E-state index < -0.39 is 0 Å². The fraction of sp³-hybridized carbons (Fsp3) is 0.355. The highest BCUT2D eigenvalue weighted by molar-refractivity contribution is 6.06. The summed E-state index contributed by atoms with van der Waals surface area (Å²) in [5.74, 6) is 1.97. The first-order chi connectivity index (χ1) is 21.9. The molecule has 0 saturated carbocycles. The average Bonchev–Trinajstić information content (AvgIpc) is 3.73. The first kappa shape index (κ1) is 30.0. The van der Waals surface area contributed by atoms with Gasteiger partial charge in [0.05, 0.1) is 23.4 Å². The molecule has 0 aliphatic carbocycles. The number of nitrogens with zero attached hydrogens (tertiary/aromatic N) is 7. The zero-order valence-corrected chi connectivity index (χ0v) is 25.5. The van der Waals surface area contributed by atoms with Gasteiger partial charge in [-0.2, -0.15) is 10.1 Å². The Morgan fingerprint density at radius 2 is 2.07 bits per heavy atom. The van der Waals surface area contributed by atoms with Crippen LogP contribution in [0.4, 0.5) is 23.4 Å². The Kier molecular flexibility index (Phi) is 8.84. The van der Waals surface area contributed by atoms with Crippen molar-refractivity contribution in [2.45, 2.75) is 32.8 Å². The third kappa shape index (κ3) is 7.02. The first-order valence-corrected chi connectivity index (χ1v) is 14.9. The van der Waals surface area contributed by atoms with Crippen LogP contribution in [-0.4, -0.2) is 89.5 Å². The Bertz CT molecular complexity index is 1780. The van der Waals surface area contributed by atoms with E-state index in [1.54, 1.807) is 23.1 Å². The number of para-hydroxylation sites is 1. The average molecular weight is 612 g/mol. The number of ether oxygens (including phenoxy) is 1. The van der Waals surface area contributed by atoms with E-state index in [1.807, 2.05) is 51.4 Å². The van der Waals surface area contributed by atoms with E-state index in [-0.39, 0.29) is 25.2 Å². The molecule has 1 fully saturated rings. The summed E-state index contributed by atoms with van der Waals surface area (Å²) in [5, 5.41) is 23.7. The van der Waals surface area contributed by atoms with E-state index in [0.717, 1.165) is 46.4 Å². The predicted molar refractivity (Wildman–Crippen MR) is 172 cm³/mol. The van der Waals surface area contributed by atoms with Gasteiger partial charge in [-0.05, 0) is 38.3 Å². The number of carbonyl (C=O) groups is 1. The summed E-state index contributed by atoms with van der Waals surface area (Å²) < 4.78 is 7.86. The number of nitrogens with one attached hydrogen (secondary N) is 4. The number of amides is 1. The molecule has 5 aromatic rings. The third-order valence-corrected chi connectivity index (χ3v) is 7.70. The number of aliphatic hydroxyl groups is 1. The van der Waals surface area contributed by atoms with E-state index in [0.29, 0.717) is 48.8 Å². The summed E-state index contributed by atoms with van der Waals surface area (Å²) in [7, 11) is 1.89. The number of rotatable bonds is 12. The number of carbonyl (C=O) groups excluding carboxylic acids is 1. The van der Waals surface area contributed by atoms with Gasteiger partial charge in [0, 0.05) is 80.7 Å². The van der Waals surface area contributed by atoms with Crippen LogP contribution in [0.2, 0.25) is 0 Å². The minimum Gasteiger partial charge on any atom is -0.473 e. The van der Waals surface area contributed by atoms with E-state index in [2.05, 4.69) is 45.9 Å². The number of hydrogen-bond acceptors (Lipinski definition) is 11. The second kappa shape index (κ2) is 13.3. The molecule has 234 valence electrons. The van der Waals surface area contributed by atoms with Crippen LogP contribution in [0.1, 0.15) is 24.1 Å². The molecule has 14 nitrogen and oxygen atoms in total. The van der Waals surface area contributed by atoms with Crippen molar-refractivity contribution in [2.75, 3.05) is 48.7 Å². The minimum atomic E-state index is -0.105. The molecule has 1 aliphatic heterocycles. The van der Waals surface area contributed by atoms with Crippen molar-refractivity contribution in [3.63, 3.8) is 0 Å². The number of aliphatic hydroxyl groups excluding tert-OH is 1. The minimum absolute atomic E-state index is 0.0791. The summed E-state index contributed by atoms with van der Waals surface area (Å²) in [5.41, 5.74) is 5.17. The van der Waals surface area contributed by atoms with Gasteiger partial charge in [-0.1, -0.05) is 12.1 Å². The highest BCUT2D eigenvalue weighted by Gasteiger charge is 2.26. The zero-order chi connectivity index (χ0) is 31.3. The molecule has 5 N–H and O–H groups in total. The van der Waals surface area contributed by atoms with Crippen LogP contribution in [0.15, 0.2) is 48.9 Å². The molecule has 45 heavy (non-hydrogen) atoms. The van der Waals surface area contributed by atoms with Gasteiger partial charge in [-0.3, -0.25) is 14.4 Å². The van der Waals surface area contributed by atoms with Gasteiger partial charge < -0.3 is 30.8 Å². The van der Waals surface area contributed by atoms with Crippen LogP contribution in [-0.2, 0) is 11.8 Å². The van der Waals surface area contributed by atoms with Crippen molar-refractivity contribution < 1.29 is 14.6 Å². The lowest BCUT2D eigenvalue weighted by Gasteiger charge is -2.17. The maximum absolute atomic E-state index is 13.1. The predicted octanol–water partition coefficient (Wildman–Crippen LogP) is 3.39. The number of aromatic amines is 1. The molecule has 1 amide bonds. The second-order valence-electron chi connectivity index (χ2n) is 11.1. The second-order valence-corrected chi connectivity index (χ2v) is 11.1. The van der Waals surface area contributed by atoms with Crippen molar-refractivity contribution in [1.29, 1.82) is 0 Å². The monoisotopic (exact) mass is 611 g/mol. The highest BCUT2D eigenvalue weighted by atomic mass is 16.5. The Morgan fingerprint density at radius 1 is 1.18 bits per heavy atom. The molecule has 6 rings (SSSR count).